The van der Waals surface area contributed by atoms with Crippen molar-refractivity contribution in [3.8, 4) is 0 Å². The number of ether oxygens (including phenoxy) is 1. The van der Waals surface area contributed by atoms with Gasteiger partial charge >= 0.3 is 5.97 Å². The van der Waals surface area contributed by atoms with Crippen molar-refractivity contribution in [1.82, 2.24) is 9.38 Å². The van der Waals surface area contributed by atoms with E-state index in [1.54, 1.807) is 0 Å². The molecule has 0 fully saturated rings. The number of nitrogens with zero attached hydrogens (tertiary/aromatic N) is 2. The first kappa shape index (κ1) is 10.6. The van der Waals surface area contributed by atoms with Crippen molar-refractivity contribution in [1.29, 1.82) is 0 Å². The number of hydrogen-bond acceptors (Lipinski definition) is 4. The van der Waals surface area contributed by atoms with E-state index >= 15 is 0 Å². The molecule has 0 saturated carbocycles. The lowest BCUT2D eigenvalue weighted by atomic mass is 10.3. The van der Waals surface area contributed by atoms with Gasteiger partial charge in [-0.3, -0.25) is 0 Å². The van der Waals surface area contributed by atoms with E-state index in [9.17, 15) is 4.79 Å². The molecule has 2 N–H and O–H groups in total. The lowest BCUT2D eigenvalue weighted by molar-refractivity contribution is 0.0597. The SMILES string of the molecule is COC(=O)c1nc(CCN)n2ccccc12. The second-order valence-electron chi connectivity index (χ2n) is 3.36. The monoisotopic (exact) mass is 219 g/mol. The predicted molar refractivity (Wildman–Crippen MR) is 59.3 cm³/mol. The van der Waals surface area contributed by atoms with Crippen LogP contribution in [0.3, 0.4) is 0 Å². The Morgan fingerprint density at radius 3 is 3.06 bits per heavy atom. The number of nitrogens with two attached hydrogens (primary N) is 1. The summed E-state index contributed by atoms with van der Waals surface area (Å²) in [5, 5.41) is 0. The highest BCUT2D eigenvalue weighted by molar-refractivity contribution is 5.95. The highest BCUT2D eigenvalue weighted by Crippen LogP contribution is 2.14. The molecule has 0 aromatic carbocycles. The normalized spacial score (nSPS) is 10.6. The molecule has 16 heavy (non-hydrogen) atoms. The standard InChI is InChI=1S/C11H13N3O2/c1-16-11(15)10-8-4-2-3-7-14(8)9(13-10)5-6-12/h2-4,7H,5-6,12H2,1H3. The quantitative estimate of drug-likeness (QED) is 0.768. The summed E-state index contributed by atoms with van der Waals surface area (Å²) < 4.78 is 6.55. The summed E-state index contributed by atoms with van der Waals surface area (Å²) in [6.45, 7) is 0.495. The number of pyridine rings is 1. The van der Waals surface area contributed by atoms with Gasteiger partial charge in [-0.2, -0.15) is 0 Å². The molecule has 0 saturated heterocycles. The van der Waals surface area contributed by atoms with Gasteiger partial charge in [0.2, 0.25) is 0 Å². The molecule has 2 heterocycles. The summed E-state index contributed by atoms with van der Waals surface area (Å²) in [6, 6.07) is 5.57. The number of aromatic nitrogens is 2. The zero-order valence-corrected chi connectivity index (χ0v) is 9.01. The number of rotatable bonds is 3. The maximum atomic E-state index is 11.5. The van der Waals surface area contributed by atoms with Crippen LogP contribution in [-0.2, 0) is 11.2 Å². The number of hydrogen-bond donors (Lipinski definition) is 1. The summed E-state index contributed by atoms with van der Waals surface area (Å²) >= 11 is 0. The first-order chi connectivity index (χ1) is 7.77. The van der Waals surface area contributed by atoms with Crippen LogP contribution in [-0.4, -0.2) is 29.0 Å². The highest BCUT2D eigenvalue weighted by atomic mass is 16.5. The molecular weight excluding hydrogens is 206 g/mol. The molecule has 5 heteroatoms. The van der Waals surface area contributed by atoms with Gasteiger partial charge < -0.3 is 14.9 Å². The summed E-state index contributed by atoms with van der Waals surface area (Å²) in [6.07, 6.45) is 2.49. The molecule has 0 spiro atoms. The number of esters is 1. The molecule has 0 atom stereocenters. The van der Waals surface area contributed by atoms with Crippen LogP contribution in [0.2, 0.25) is 0 Å². The summed E-state index contributed by atoms with van der Waals surface area (Å²) in [7, 11) is 1.35. The Kier molecular flexibility index (Phi) is 2.87. The summed E-state index contributed by atoms with van der Waals surface area (Å²) in [4.78, 5) is 15.8. The minimum absolute atomic E-state index is 0.339. The van der Waals surface area contributed by atoms with Crippen LogP contribution in [0.25, 0.3) is 5.52 Å². The van der Waals surface area contributed by atoms with Crippen LogP contribution < -0.4 is 5.73 Å². The van der Waals surface area contributed by atoms with E-state index in [-0.39, 0.29) is 0 Å². The number of carbonyl (C=O) groups is 1. The Labute approximate surface area is 92.8 Å². The van der Waals surface area contributed by atoms with Gasteiger partial charge in [0.1, 0.15) is 5.82 Å². The van der Waals surface area contributed by atoms with Gasteiger partial charge in [-0.25, -0.2) is 9.78 Å². The van der Waals surface area contributed by atoms with Crippen molar-refractivity contribution in [2.75, 3.05) is 13.7 Å². The molecule has 2 aromatic rings. The molecule has 84 valence electrons. The molecule has 0 radical (unpaired) electrons. The fourth-order valence-corrected chi connectivity index (χ4v) is 1.65. The van der Waals surface area contributed by atoms with Gasteiger partial charge in [0, 0.05) is 12.6 Å². The molecule has 0 amide bonds. The molecule has 2 rings (SSSR count). The Morgan fingerprint density at radius 1 is 1.56 bits per heavy atom. The maximum absolute atomic E-state index is 11.5. The highest BCUT2D eigenvalue weighted by Gasteiger charge is 2.16. The van der Waals surface area contributed by atoms with Crippen LogP contribution in [0.1, 0.15) is 16.3 Å². The van der Waals surface area contributed by atoms with Gasteiger partial charge in [0.25, 0.3) is 0 Å². The average molecular weight is 219 g/mol. The first-order valence-corrected chi connectivity index (χ1v) is 5.02. The van der Waals surface area contributed by atoms with E-state index in [2.05, 4.69) is 9.72 Å². The van der Waals surface area contributed by atoms with Gasteiger partial charge in [0.15, 0.2) is 5.69 Å². The van der Waals surface area contributed by atoms with E-state index < -0.39 is 5.97 Å². The van der Waals surface area contributed by atoms with E-state index in [0.29, 0.717) is 18.7 Å². The molecule has 5 nitrogen and oxygen atoms in total. The average Bonchev–Trinajstić information content (AvgIpc) is 2.68. The molecule has 0 aliphatic rings. The topological polar surface area (TPSA) is 69.6 Å². The lowest BCUT2D eigenvalue weighted by Gasteiger charge is -1.97. The third kappa shape index (κ3) is 1.65. The van der Waals surface area contributed by atoms with Crippen LogP contribution in [0.4, 0.5) is 0 Å². The number of fused-ring (bicyclic) bond motifs is 1. The minimum atomic E-state index is -0.424. The van der Waals surface area contributed by atoms with Crippen molar-refractivity contribution < 1.29 is 9.53 Å². The van der Waals surface area contributed by atoms with Crippen LogP contribution >= 0.6 is 0 Å². The second kappa shape index (κ2) is 4.32. The van der Waals surface area contributed by atoms with E-state index in [0.717, 1.165) is 11.3 Å². The third-order valence-corrected chi connectivity index (χ3v) is 2.37. The van der Waals surface area contributed by atoms with Crippen molar-refractivity contribution in [3.05, 3.63) is 35.9 Å². The second-order valence-corrected chi connectivity index (χ2v) is 3.36. The number of imidazole rings is 1. The summed E-state index contributed by atoms with van der Waals surface area (Å²) in [5.74, 6) is 0.352. The van der Waals surface area contributed by atoms with Crippen LogP contribution in [0.15, 0.2) is 24.4 Å². The number of methoxy groups -OCH3 is 1. The zero-order valence-electron chi connectivity index (χ0n) is 9.01. The zero-order chi connectivity index (χ0) is 11.5. The van der Waals surface area contributed by atoms with E-state index in [4.69, 9.17) is 5.73 Å². The molecule has 0 unspecified atom stereocenters. The van der Waals surface area contributed by atoms with Crippen molar-refractivity contribution in [2.45, 2.75) is 6.42 Å². The third-order valence-electron chi connectivity index (χ3n) is 2.37. The fourth-order valence-electron chi connectivity index (χ4n) is 1.65. The Morgan fingerprint density at radius 2 is 2.38 bits per heavy atom. The molecule has 0 aliphatic carbocycles. The predicted octanol–water partition coefficient (Wildman–Crippen LogP) is 0.622. The largest absolute Gasteiger partial charge is 0.464 e. The molecule has 2 aromatic heterocycles. The van der Waals surface area contributed by atoms with E-state index in [1.807, 2.05) is 28.8 Å². The van der Waals surface area contributed by atoms with Gasteiger partial charge in [-0.1, -0.05) is 6.07 Å². The molecule has 0 bridgehead atoms. The molecular formula is C11H13N3O2. The smallest absolute Gasteiger partial charge is 0.358 e. The number of carbonyl (C=O) groups excluding carboxylic acids is 1. The Hall–Kier alpha value is -1.88. The summed E-state index contributed by atoms with van der Waals surface area (Å²) in [5.41, 5.74) is 6.59. The lowest BCUT2D eigenvalue weighted by Crippen LogP contribution is -2.06. The van der Waals surface area contributed by atoms with Gasteiger partial charge in [-0.15, -0.1) is 0 Å². The Bertz CT molecular complexity index is 519. The first-order valence-electron chi connectivity index (χ1n) is 5.02. The van der Waals surface area contributed by atoms with Gasteiger partial charge in [-0.05, 0) is 18.7 Å². The van der Waals surface area contributed by atoms with Crippen molar-refractivity contribution >= 4 is 11.5 Å². The van der Waals surface area contributed by atoms with E-state index in [1.165, 1.54) is 7.11 Å². The van der Waals surface area contributed by atoms with Gasteiger partial charge in [0.05, 0.1) is 12.6 Å². The van der Waals surface area contributed by atoms with Crippen molar-refractivity contribution in [2.24, 2.45) is 5.73 Å². The van der Waals surface area contributed by atoms with Crippen LogP contribution in [0, 0.1) is 0 Å². The Balaban J connectivity index is 2.61. The minimum Gasteiger partial charge on any atom is -0.464 e. The molecule has 0 aliphatic heterocycles. The van der Waals surface area contributed by atoms with Crippen LogP contribution in [0.5, 0.6) is 0 Å². The maximum Gasteiger partial charge on any atom is 0.358 e. The fraction of sp³-hybridized carbons (Fsp3) is 0.273. The van der Waals surface area contributed by atoms with Crippen molar-refractivity contribution in [3.63, 3.8) is 0 Å².